The fourth-order valence-corrected chi connectivity index (χ4v) is 3.59. The lowest BCUT2D eigenvalue weighted by Gasteiger charge is -2.21. The third kappa shape index (κ3) is 2.89. The predicted molar refractivity (Wildman–Crippen MR) is 102 cm³/mol. The molecule has 4 rings (SSSR count). The molecular weight excluding hydrogens is 344 g/mol. The van der Waals surface area contributed by atoms with Crippen molar-refractivity contribution >= 4 is 22.4 Å². The summed E-state index contributed by atoms with van der Waals surface area (Å²) in [4.78, 5) is 23.2. The fraction of sp³-hybridized carbons (Fsp3) is 0.190. The summed E-state index contributed by atoms with van der Waals surface area (Å²) in [5, 5.41) is 26.1. The lowest BCUT2D eigenvalue weighted by atomic mass is 9.96. The van der Waals surface area contributed by atoms with Crippen LogP contribution in [0.5, 0.6) is 5.75 Å². The molecule has 0 spiro atoms. The maximum atomic E-state index is 12.9. The van der Waals surface area contributed by atoms with E-state index in [9.17, 15) is 20.0 Å². The molecule has 136 valence electrons. The van der Waals surface area contributed by atoms with E-state index in [-0.39, 0.29) is 11.5 Å². The van der Waals surface area contributed by atoms with E-state index in [1.165, 1.54) is 12.1 Å². The number of amides is 1. The van der Waals surface area contributed by atoms with Crippen LogP contribution < -0.4 is 5.32 Å². The SMILES string of the molecule is Cc1cc([N+](=O)[O-])c(O)cc1C(=O)NC1(c2cccc3ccccc23)CC1. The second-order valence-corrected chi connectivity index (χ2v) is 6.98. The smallest absolute Gasteiger partial charge is 0.311 e. The molecule has 1 aliphatic rings. The normalized spacial score (nSPS) is 14.7. The van der Waals surface area contributed by atoms with Gasteiger partial charge in [-0.05, 0) is 41.7 Å². The number of aromatic hydroxyl groups is 1. The van der Waals surface area contributed by atoms with Crippen LogP contribution in [0.3, 0.4) is 0 Å². The highest BCUT2D eigenvalue weighted by Crippen LogP contribution is 2.48. The van der Waals surface area contributed by atoms with E-state index in [0.29, 0.717) is 5.56 Å². The Hall–Kier alpha value is -3.41. The highest BCUT2D eigenvalue weighted by atomic mass is 16.6. The van der Waals surface area contributed by atoms with Crippen molar-refractivity contribution < 1.29 is 14.8 Å². The summed E-state index contributed by atoms with van der Waals surface area (Å²) in [6, 6.07) is 16.5. The number of aryl methyl sites for hydroxylation is 1. The Morgan fingerprint density at radius 3 is 2.56 bits per heavy atom. The third-order valence-electron chi connectivity index (χ3n) is 5.17. The molecule has 1 aliphatic carbocycles. The minimum atomic E-state index is -0.664. The number of nitrogens with zero attached hydrogens (tertiary/aromatic N) is 1. The minimum Gasteiger partial charge on any atom is -0.502 e. The molecule has 1 saturated carbocycles. The van der Waals surface area contributed by atoms with Crippen molar-refractivity contribution in [2.24, 2.45) is 0 Å². The number of rotatable bonds is 4. The predicted octanol–water partition coefficient (Wildman–Crippen LogP) is 4.18. The van der Waals surface area contributed by atoms with Gasteiger partial charge in [0.15, 0.2) is 5.75 Å². The molecule has 3 aromatic carbocycles. The number of nitro benzene ring substituents is 1. The first-order valence-corrected chi connectivity index (χ1v) is 8.70. The number of nitro groups is 1. The molecule has 0 saturated heterocycles. The average Bonchev–Trinajstić information content (AvgIpc) is 3.43. The van der Waals surface area contributed by atoms with Gasteiger partial charge in [0.1, 0.15) is 0 Å². The van der Waals surface area contributed by atoms with Crippen molar-refractivity contribution in [3.63, 3.8) is 0 Å². The van der Waals surface area contributed by atoms with Crippen molar-refractivity contribution in [3.8, 4) is 5.75 Å². The molecule has 27 heavy (non-hydrogen) atoms. The zero-order chi connectivity index (χ0) is 19.2. The Balaban J connectivity index is 1.69. The molecule has 0 radical (unpaired) electrons. The van der Waals surface area contributed by atoms with Gasteiger partial charge in [-0.25, -0.2) is 0 Å². The molecule has 2 N–H and O–H groups in total. The number of carbonyl (C=O) groups is 1. The van der Waals surface area contributed by atoms with Crippen LogP contribution in [-0.4, -0.2) is 15.9 Å². The maximum Gasteiger partial charge on any atom is 0.311 e. The second-order valence-electron chi connectivity index (χ2n) is 6.98. The first-order chi connectivity index (χ1) is 12.9. The van der Waals surface area contributed by atoms with E-state index in [1.54, 1.807) is 6.92 Å². The Morgan fingerprint density at radius 1 is 1.15 bits per heavy atom. The van der Waals surface area contributed by atoms with Crippen LogP contribution in [0, 0.1) is 17.0 Å². The standard InChI is InChI=1S/C21H18N2O4/c1-13-11-18(23(26)27)19(24)12-16(13)20(25)22-21(9-10-21)17-8-4-6-14-5-2-3-7-15(14)17/h2-8,11-12,24H,9-10H2,1H3,(H,22,25). The molecule has 6 heteroatoms. The molecule has 0 aliphatic heterocycles. The highest BCUT2D eigenvalue weighted by molar-refractivity contribution is 5.98. The molecular formula is C21H18N2O4. The molecule has 1 amide bonds. The summed E-state index contributed by atoms with van der Waals surface area (Å²) >= 11 is 0. The summed E-state index contributed by atoms with van der Waals surface area (Å²) in [5.74, 6) is -0.853. The monoisotopic (exact) mass is 362 g/mol. The molecule has 0 unspecified atom stereocenters. The van der Waals surface area contributed by atoms with Crippen molar-refractivity contribution in [3.05, 3.63) is 81.4 Å². The zero-order valence-corrected chi connectivity index (χ0v) is 14.7. The molecule has 0 aromatic heterocycles. The molecule has 6 nitrogen and oxygen atoms in total. The fourth-order valence-electron chi connectivity index (χ4n) is 3.59. The van der Waals surface area contributed by atoms with E-state index < -0.39 is 21.9 Å². The summed E-state index contributed by atoms with van der Waals surface area (Å²) in [7, 11) is 0. The quantitative estimate of drug-likeness (QED) is 0.538. The zero-order valence-electron chi connectivity index (χ0n) is 14.7. The number of benzene rings is 3. The van der Waals surface area contributed by atoms with Gasteiger partial charge < -0.3 is 10.4 Å². The second kappa shape index (κ2) is 6.09. The first kappa shape index (κ1) is 17.0. The Morgan fingerprint density at radius 2 is 1.85 bits per heavy atom. The molecule has 0 atom stereocenters. The van der Waals surface area contributed by atoms with Crippen LogP contribution in [0.1, 0.15) is 34.3 Å². The summed E-state index contributed by atoms with van der Waals surface area (Å²) in [5.41, 5.74) is 0.911. The lowest BCUT2D eigenvalue weighted by Crippen LogP contribution is -2.35. The van der Waals surface area contributed by atoms with Crippen molar-refractivity contribution in [2.75, 3.05) is 0 Å². The van der Waals surface area contributed by atoms with E-state index in [2.05, 4.69) is 5.32 Å². The maximum absolute atomic E-state index is 12.9. The number of fused-ring (bicyclic) bond motifs is 1. The van der Waals surface area contributed by atoms with Gasteiger partial charge in [0, 0.05) is 17.7 Å². The van der Waals surface area contributed by atoms with Gasteiger partial charge in [-0.15, -0.1) is 0 Å². The largest absolute Gasteiger partial charge is 0.502 e. The minimum absolute atomic E-state index is 0.240. The first-order valence-electron chi connectivity index (χ1n) is 8.70. The number of phenols is 1. The number of hydrogen-bond acceptors (Lipinski definition) is 4. The number of phenolic OH excluding ortho intramolecular Hbond substituents is 1. The van der Waals surface area contributed by atoms with Crippen molar-refractivity contribution in [1.82, 2.24) is 5.32 Å². The molecule has 3 aromatic rings. The van der Waals surface area contributed by atoms with Crippen molar-refractivity contribution in [2.45, 2.75) is 25.3 Å². The van der Waals surface area contributed by atoms with Crippen LogP contribution in [0.2, 0.25) is 0 Å². The lowest BCUT2D eigenvalue weighted by molar-refractivity contribution is -0.385. The van der Waals surface area contributed by atoms with Gasteiger partial charge >= 0.3 is 5.69 Å². The van der Waals surface area contributed by atoms with Gasteiger partial charge in [0.25, 0.3) is 5.91 Å². The van der Waals surface area contributed by atoms with Crippen LogP contribution >= 0.6 is 0 Å². The van der Waals surface area contributed by atoms with E-state index in [4.69, 9.17) is 0 Å². The summed E-state index contributed by atoms with van der Waals surface area (Å²) in [6.07, 6.45) is 1.65. The van der Waals surface area contributed by atoms with Gasteiger partial charge in [-0.3, -0.25) is 14.9 Å². The van der Waals surface area contributed by atoms with E-state index in [0.717, 1.165) is 29.2 Å². The molecule has 1 fully saturated rings. The number of hydrogen-bond donors (Lipinski definition) is 2. The van der Waals surface area contributed by atoms with Crippen LogP contribution in [0.4, 0.5) is 5.69 Å². The Labute approximate surface area is 155 Å². The Kier molecular flexibility index (Phi) is 3.84. The van der Waals surface area contributed by atoms with E-state index >= 15 is 0 Å². The van der Waals surface area contributed by atoms with Gasteiger partial charge in [-0.2, -0.15) is 0 Å². The van der Waals surface area contributed by atoms with Crippen molar-refractivity contribution in [1.29, 1.82) is 0 Å². The van der Waals surface area contributed by atoms with E-state index in [1.807, 2.05) is 42.5 Å². The van der Waals surface area contributed by atoms with Gasteiger partial charge in [-0.1, -0.05) is 42.5 Å². The summed E-state index contributed by atoms with van der Waals surface area (Å²) < 4.78 is 0. The van der Waals surface area contributed by atoms with Gasteiger partial charge in [0.05, 0.1) is 10.5 Å². The number of carbonyl (C=O) groups excluding carboxylic acids is 1. The number of nitrogens with one attached hydrogen (secondary N) is 1. The van der Waals surface area contributed by atoms with Crippen LogP contribution in [0.15, 0.2) is 54.6 Å². The molecule has 0 bridgehead atoms. The highest BCUT2D eigenvalue weighted by Gasteiger charge is 2.46. The Bertz CT molecular complexity index is 1080. The molecule has 0 heterocycles. The van der Waals surface area contributed by atoms with Crippen LogP contribution in [0.25, 0.3) is 10.8 Å². The third-order valence-corrected chi connectivity index (χ3v) is 5.17. The summed E-state index contributed by atoms with van der Waals surface area (Å²) in [6.45, 7) is 1.62. The average molecular weight is 362 g/mol. The topological polar surface area (TPSA) is 92.5 Å². The van der Waals surface area contributed by atoms with Gasteiger partial charge in [0.2, 0.25) is 0 Å². The van der Waals surface area contributed by atoms with Crippen LogP contribution in [-0.2, 0) is 5.54 Å².